The molecule has 3 saturated carbocycles. The van der Waals surface area contributed by atoms with Crippen LogP contribution in [-0.4, -0.2) is 23.7 Å². The van der Waals surface area contributed by atoms with E-state index in [1.54, 1.807) is 0 Å². The molecule has 3 aliphatic carbocycles. The third-order valence-corrected chi connectivity index (χ3v) is 8.39. The topological polar surface area (TPSA) is 49.3 Å². The summed E-state index contributed by atoms with van der Waals surface area (Å²) in [6.07, 6.45) is 7.07. The quantitative estimate of drug-likeness (QED) is 0.674. The molecule has 3 nitrogen and oxygen atoms in total. The Morgan fingerprint density at radius 3 is 2.74 bits per heavy atom. The Hall–Kier alpha value is -0.830. The number of carbonyl (C=O) groups excluding carboxylic acids is 1. The first-order valence-electron chi connectivity index (χ1n) is 9.50. The van der Waals surface area contributed by atoms with Gasteiger partial charge >= 0.3 is 0 Å². The molecule has 7 atom stereocenters. The van der Waals surface area contributed by atoms with Gasteiger partial charge in [-0.2, -0.15) is 0 Å². The molecule has 1 heterocycles. The Balaban J connectivity index is 1.71. The lowest BCUT2D eigenvalue weighted by Crippen LogP contribution is -2.50. The summed E-state index contributed by atoms with van der Waals surface area (Å²) in [5.41, 5.74) is 1.80. The minimum Gasteiger partial charge on any atom is -0.393 e. The van der Waals surface area contributed by atoms with Crippen LogP contribution in [0.25, 0.3) is 0 Å². The van der Waals surface area contributed by atoms with Crippen molar-refractivity contribution < 1.29 is 9.90 Å². The third kappa shape index (κ3) is 2.08. The molecule has 0 aromatic heterocycles. The van der Waals surface area contributed by atoms with E-state index in [-0.39, 0.29) is 28.8 Å². The average Bonchev–Trinajstić information content (AvgIpc) is 2.77. The monoisotopic (exact) mass is 317 g/mol. The Kier molecular flexibility index (Phi) is 3.46. The summed E-state index contributed by atoms with van der Waals surface area (Å²) >= 11 is 0. The molecule has 0 spiro atoms. The van der Waals surface area contributed by atoms with Crippen molar-refractivity contribution in [2.75, 3.05) is 6.54 Å². The van der Waals surface area contributed by atoms with Crippen LogP contribution >= 0.6 is 0 Å². The van der Waals surface area contributed by atoms with Crippen LogP contribution in [0.15, 0.2) is 12.2 Å². The van der Waals surface area contributed by atoms with Gasteiger partial charge in [-0.05, 0) is 73.5 Å². The lowest BCUT2D eigenvalue weighted by Gasteiger charge is -2.54. The Morgan fingerprint density at radius 1 is 1.17 bits per heavy atom. The van der Waals surface area contributed by atoms with Crippen molar-refractivity contribution in [3.8, 4) is 0 Å². The number of hydrogen-bond acceptors (Lipinski definition) is 2. The summed E-state index contributed by atoms with van der Waals surface area (Å²) in [6, 6.07) is 0. The number of amides is 1. The van der Waals surface area contributed by atoms with Crippen molar-refractivity contribution in [1.82, 2.24) is 5.32 Å². The molecular formula is C20H31NO2. The first kappa shape index (κ1) is 15.7. The highest BCUT2D eigenvalue weighted by Crippen LogP contribution is 2.63. The van der Waals surface area contributed by atoms with Gasteiger partial charge in [-0.1, -0.05) is 26.0 Å². The standard InChI is InChI=1S/C20H31NO2/c1-12-4-5-15-14-11-21-18(23)17-10-13(22)6-8-20(17,3)16(14)7-9-19(12,15)2/h13-17,22H,1,4-11H2,2-3H3,(H,21,23)/t13-,14-,15-,16-,17+,19+,20+/m0/s1. The number of rotatable bonds is 0. The van der Waals surface area contributed by atoms with Crippen molar-refractivity contribution in [1.29, 1.82) is 0 Å². The summed E-state index contributed by atoms with van der Waals surface area (Å²) in [7, 11) is 0. The first-order valence-corrected chi connectivity index (χ1v) is 9.50. The number of aliphatic hydroxyl groups is 1. The van der Waals surface area contributed by atoms with E-state index in [9.17, 15) is 9.90 Å². The fourth-order valence-corrected chi connectivity index (χ4v) is 6.80. The summed E-state index contributed by atoms with van der Waals surface area (Å²) in [4.78, 5) is 12.7. The first-order chi connectivity index (χ1) is 10.9. The van der Waals surface area contributed by atoms with E-state index in [1.165, 1.54) is 24.8 Å². The molecule has 1 aliphatic heterocycles. The predicted octanol–water partition coefficient (Wildman–Crippen LogP) is 3.28. The van der Waals surface area contributed by atoms with Crippen molar-refractivity contribution in [3.63, 3.8) is 0 Å². The predicted molar refractivity (Wildman–Crippen MR) is 90.6 cm³/mol. The maximum absolute atomic E-state index is 12.7. The van der Waals surface area contributed by atoms with Gasteiger partial charge in [0, 0.05) is 12.5 Å². The van der Waals surface area contributed by atoms with E-state index < -0.39 is 0 Å². The van der Waals surface area contributed by atoms with Crippen LogP contribution in [-0.2, 0) is 4.79 Å². The second-order valence-electron chi connectivity index (χ2n) is 9.21. The lowest BCUT2D eigenvalue weighted by atomic mass is 9.50. The normalized spacial score (nSPS) is 52.9. The highest BCUT2D eigenvalue weighted by molar-refractivity contribution is 5.80. The van der Waals surface area contributed by atoms with Crippen LogP contribution in [0.1, 0.15) is 58.8 Å². The maximum Gasteiger partial charge on any atom is 0.223 e. The number of carbonyl (C=O) groups is 1. The number of hydrogen-bond donors (Lipinski definition) is 2. The Labute approximate surface area is 139 Å². The second-order valence-corrected chi connectivity index (χ2v) is 9.21. The van der Waals surface area contributed by atoms with E-state index in [0.717, 1.165) is 25.8 Å². The third-order valence-electron chi connectivity index (χ3n) is 8.39. The summed E-state index contributed by atoms with van der Waals surface area (Å²) < 4.78 is 0. The number of fused-ring (bicyclic) bond motifs is 5. The van der Waals surface area contributed by atoms with E-state index >= 15 is 0 Å². The van der Waals surface area contributed by atoms with Gasteiger partial charge in [0.15, 0.2) is 0 Å². The Bertz CT molecular complexity index is 544. The smallest absolute Gasteiger partial charge is 0.223 e. The zero-order valence-electron chi connectivity index (χ0n) is 14.6. The highest BCUT2D eigenvalue weighted by Gasteiger charge is 2.59. The van der Waals surface area contributed by atoms with Gasteiger partial charge in [0.2, 0.25) is 5.91 Å². The summed E-state index contributed by atoms with van der Waals surface area (Å²) in [5, 5.41) is 13.4. The minimum atomic E-state index is -0.296. The number of allylic oxidation sites excluding steroid dienone is 1. The zero-order chi connectivity index (χ0) is 16.4. The van der Waals surface area contributed by atoms with Gasteiger partial charge in [0.25, 0.3) is 0 Å². The summed E-state index contributed by atoms with van der Waals surface area (Å²) in [6.45, 7) is 9.97. The summed E-state index contributed by atoms with van der Waals surface area (Å²) in [5.74, 6) is 2.07. The SMILES string of the molecule is C=C1CC[C@H]2[C@@H]3CNC(=O)[C@H]4C[C@@H](O)CC[C@]4(C)[C@H]3CC[C@]12C. The van der Waals surface area contributed by atoms with Crippen molar-refractivity contribution in [2.24, 2.45) is 34.5 Å². The van der Waals surface area contributed by atoms with E-state index in [0.29, 0.717) is 24.2 Å². The molecule has 0 bridgehead atoms. The van der Waals surface area contributed by atoms with Crippen LogP contribution in [0.3, 0.4) is 0 Å². The van der Waals surface area contributed by atoms with Crippen LogP contribution in [0.2, 0.25) is 0 Å². The Morgan fingerprint density at radius 2 is 1.96 bits per heavy atom. The van der Waals surface area contributed by atoms with E-state index in [2.05, 4.69) is 25.7 Å². The van der Waals surface area contributed by atoms with Gasteiger partial charge in [-0.15, -0.1) is 0 Å². The molecule has 0 aromatic rings. The van der Waals surface area contributed by atoms with Gasteiger partial charge < -0.3 is 10.4 Å². The average molecular weight is 317 g/mol. The number of aliphatic hydroxyl groups excluding tert-OH is 1. The van der Waals surface area contributed by atoms with Gasteiger partial charge in [-0.3, -0.25) is 4.79 Å². The molecule has 2 N–H and O–H groups in total. The molecule has 4 aliphatic rings. The zero-order valence-corrected chi connectivity index (χ0v) is 14.6. The molecule has 0 unspecified atom stereocenters. The van der Waals surface area contributed by atoms with Crippen LogP contribution in [0.4, 0.5) is 0 Å². The molecule has 128 valence electrons. The molecule has 0 radical (unpaired) electrons. The molecule has 0 aromatic carbocycles. The fourth-order valence-electron chi connectivity index (χ4n) is 6.80. The van der Waals surface area contributed by atoms with Crippen LogP contribution in [0.5, 0.6) is 0 Å². The molecule has 23 heavy (non-hydrogen) atoms. The maximum atomic E-state index is 12.7. The van der Waals surface area contributed by atoms with E-state index in [1.807, 2.05) is 0 Å². The van der Waals surface area contributed by atoms with Crippen LogP contribution < -0.4 is 5.32 Å². The van der Waals surface area contributed by atoms with Gasteiger partial charge in [0.05, 0.1) is 6.10 Å². The van der Waals surface area contributed by atoms with Crippen LogP contribution in [0, 0.1) is 34.5 Å². The fraction of sp³-hybridized carbons (Fsp3) is 0.850. The molecular weight excluding hydrogens is 286 g/mol. The van der Waals surface area contributed by atoms with Crippen molar-refractivity contribution in [3.05, 3.63) is 12.2 Å². The second kappa shape index (κ2) is 5.08. The molecule has 1 saturated heterocycles. The largest absolute Gasteiger partial charge is 0.393 e. The molecule has 4 fully saturated rings. The van der Waals surface area contributed by atoms with E-state index in [4.69, 9.17) is 0 Å². The molecule has 1 amide bonds. The highest BCUT2D eigenvalue weighted by atomic mass is 16.3. The van der Waals surface area contributed by atoms with Gasteiger partial charge in [-0.25, -0.2) is 0 Å². The van der Waals surface area contributed by atoms with Crippen molar-refractivity contribution >= 4 is 5.91 Å². The number of nitrogens with one attached hydrogen (secondary N) is 1. The minimum absolute atomic E-state index is 0.00443. The lowest BCUT2D eigenvalue weighted by molar-refractivity contribution is -0.136. The van der Waals surface area contributed by atoms with Crippen molar-refractivity contribution in [2.45, 2.75) is 64.9 Å². The van der Waals surface area contributed by atoms with Gasteiger partial charge in [0.1, 0.15) is 0 Å². The molecule has 3 heteroatoms. The molecule has 4 rings (SSSR count).